The monoisotopic (exact) mass is 285 g/mol. The minimum Gasteiger partial charge on any atom is -0.326 e. The normalized spacial score (nSPS) is 15.1. The van der Waals surface area contributed by atoms with Crippen LogP contribution in [0.25, 0.3) is 21.7 Å². The summed E-state index contributed by atoms with van der Waals surface area (Å²) in [6.45, 7) is 2.53. The van der Waals surface area contributed by atoms with Crippen molar-refractivity contribution in [3.8, 4) is 10.7 Å². The lowest BCUT2D eigenvalue weighted by Gasteiger charge is -2.06. The highest BCUT2D eigenvalue weighted by Crippen LogP contribution is 2.42. The molecule has 1 fully saturated rings. The van der Waals surface area contributed by atoms with Crippen molar-refractivity contribution in [1.29, 1.82) is 0 Å². The zero-order valence-electron chi connectivity index (χ0n) is 11.2. The van der Waals surface area contributed by atoms with Gasteiger partial charge < -0.3 is 10.3 Å². The third kappa shape index (κ3) is 1.76. The lowest BCUT2D eigenvalue weighted by Crippen LogP contribution is -1.98. The highest BCUT2D eigenvalue weighted by molar-refractivity contribution is 7.09. The van der Waals surface area contributed by atoms with Crippen molar-refractivity contribution in [2.45, 2.75) is 32.4 Å². The van der Waals surface area contributed by atoms with Crippen molar-refractivity contribution < 1.29 is 0 Å². The Balaban J connectivity index is 1.99. The van der Waals surface area contributed by atoms with Gasteiger partial charge in [-0.25, -0.2) is 4.98 Å². The van der Waals surface area contributed by atoms with E-state index in [1.165, 1.54) is 29.9 Å². The van der Waals surface area contributed by atoms with Gasteiger partial charge in [-0.3, -0.25) is 0 Å². The van der Waals surface area contributed by atoms with Gasteiger partial charge in [0.05, 0.1) is 16.7 Å². The first-order valence-corrected chi connectivity index (χ1v) is 7.55. The molecule has 0 atom stereocenters. The van der Waals surface area contributed by atoms with E-state index in [-0.39, 0.29) is 0 Å². The molecule has 2 N–H and O–H groups in total. The second kappa shape index (κ2) is 4.36. The Morgan fingerprint density at radius 3 is 2.90 bits per heavy atom. The number of fused-ring (bicyclic) bond motifs is 1. The summed E-state index contributed by atoms with van der Waals surface area (Å²) in [5, 5.41) is 4.11. The van der Waals surface area contributed by atoms with Crippen LogP contribution in [-0.4, -0.2) is 19.1 Å². The standard InChI is InChI=1S/C14H15N5S/c1-8-13(20-18-17-8)14-16-11-6-9(7-15)2-5-12(11)19(14)10-3-4-10/h2,5-6,10H,3-4,7,15H2,1H3. The lowest BCUT2D eigenvalue weighted by molar-refractivity contribution is 0.776. The summed E-state index contributed by atoms with van der Waals surface area (Å²) in [5.74, 6) is 1.00. The number of aromatic nitrogens is 4. The Hall–Kier alpha value is -1.79. The highest BCUT2D eigenvalue weighted by Gasteiger charge is 2.29. The molecule has 0 saturated heterocycles. The van der Waals surface area contributed by atoms with Gasteiger partial charge in [0, 0.05) is 12.6 Å². The summed E-state index contributed by atoms with van der Waals surface area (Å²) >= 11 is 1.42. The van der Waals surface area contributed by atoms with Crippen LogP contribution in [0.15, 0.2) is 18.2 Å². The molecule has 1 aliphatic carbocycles. The van der Waals surface area contributed by atoms with Gasteiger partial charge in [0.1, 0.15) is 4.88 Å². The van der Waals surface area contributed by atoms with Gasteiger partial charge in [0.25, 0.3) is 0 Å². The first-order valence-electron chi connectivity index (χ1n) is 6.78. The topological polar surface area (TPSA) is 69.6 Å². The molecule has 4 rings (SSSR count). The quantitative estimate of drug-likeness (QED) is 0.803. The van der Waals surface area contributed by atoms with Gasteiger partial charge in [0.2, 0.25) is 0 Å². The van der Waals surface area contributed by atoms with Gasteiger partial charge in [-0.15, -0.1) is 5.10 Å². The predicted octanol–water partition coefficient (Wildman–Crippen LogP) is 2.66. The Morgan fingerprint density at radius 1 is 1.40 bits per heavy atom. The number of imidazole rings is 1. The maximum atomic E-state index is 5.72. The summed E-state index contributed by atoms with van der Waals surface area (Å²) in [5.41, 5.74) is 9.99. The van der Waals surface area contributed by atoms with Crippen LogP contribution in [0.1, 0.15) is 30.1 Å². The summed E-state index contributed by atoms with van der Waals surface area (Å²) in [4.78, 5) is 5.90. The fraction of sp³-hybridized carbons (Fsp3) is 0.357. The average Bonchev–Trinajstić information content (AvgIpc) is 3.10. The minimum atomic E-state index is 0.544. The largest absolute Gasteiger partial charge is 0.326 e. The molecule has 0 amide bonds. The number of hydrogen-bond donors (Lipinski definition) is 1. The second-order valence-corrected chi connectivity index (χ2v) is 6.01. The number of rotatable bonds is 3. The van der Waals surface area contributed by atoms with Crippen LogP contribution in [0, 0.1) is 6.92 Å². The van der Waals surface area contributed by atoms with Crippen LogP contribution < -0.4 is 5.73 Å². The maximum absolute atomic E-state index is 5.72. The number of hydrogen-bond acceptors (Lipinski definition) is 5. The van der Waals surface area contributed by atoms with E-state index in [0.29, 0.717) is 12.6 Å². The van der Waals surface area contributed by atoms with Crippen molar-refractivity contribution in [1.82, 2.24) is 19.1 Å². The number of benzene rings is 1. The predicted molar refractivity (Wildman–Crippen MR) is 79.5 cm³/mol. The third-order valence-electron chi connectivity index (χ3n) is 3.76. The second-order valence-electron chi connectivity index (χ2n) is 5.25. The molecule has 3 aromatic rings. The Kier molecular flexibility index (Phi) is 2.61. The fourth-order valence-electron chi connectivity index (χ4n) is 2.57. The molecule has 1 aliphatic rings. The molecule has 6 heteroatoms. The van der Waals surface area contributed by atoms with Gasteiger partial charge in [-0.2, -0.15) is 0 Å². The van der Waals surface area contributed by atoms with E-state index in [9.17, 15) is 0 Å². The first-order chi connectivity index (χ1) is 9.78. The van der Waals surface area contributed by atoms with Crippen LogP contribution >= 0.6 is 11.5 Å². The molecule has 102 valence electrons. The molecular weight excluding hydrogens is 270 g/mol. The lowest BCUT2D eigenvalue weighted by atomic mass is 10.2. The van der Waals surface area contributed by atoms with Gasteiger partial charge in [0.15, 0.2) is 5.82 Å². The average molecular weight is 285 g/mol. The summed E-state index contributed by atoms with van der Waals surface area (Å²) in [6, 6.07) is 6.88. The SMILES string of the molecule is Cc1nnsc1-c1nc2cc(CN)ccc2n1C1CC1. The van der Waals surface area contributed by atoms with Crippen LogP contribution in [0.4, 0.5) is 0 Å². The van der Waals surface area contributed by atoms with Crippen molar-refractivity contribution >= 4 is 22.6 Å². The third-order valence-corrected chi connectivity index (χ3v) is 4.58. The molecule has 1 saturated carbocycles. The van der Waals surface area contributed by atoms with E-state index in [4.69, 9.17) is 10.7 Å². The van der Waals surface area contributed by atoms with Gasteiger partial charge in [-0.05, 0) is 49.0 Å². The fourth-order valence-corrected chi connectivity index (χ4v) is 3.21. The highest BCUT2D eigenvalue weighted by atomic mass is 32.1. The molecule has 2 heterocycles. The summed E-state index contributed by atoms with van der Waals surface area (Å²) < 4.78 is 6.39. The van der Waals surface area contributed by atoms with E-state index >= 15 is 0 Å². The Bertz CT molecular complexity index is 784. The number of nitrogens with zero attached hydrogens (tertiary/aromatic N) is 4. The van der Waals surface area contributed by atoms with Crippen molar-refractivity contribution in [3.63, 3.8) is 0 Å². The zero-order valence-corrected chi connectivity index (χ0v) is 12.0. The Morgan fingerprint density at radius 2 is 2.25 bits per heavy atom. The Labute approximate surface area is 120 Å². The van der Waals surface area contributed by atoms with Crippen LogP contribution in [0.5, 0.6) is 0 Å². The summed E-state index contributed by atoms with van der Waals surface area (Å²) in [7, 11) is 0. The van der Waals surface area contributed by atoms with Gasteiger partial charge in [-0.1, -0.05) is 10.6 Å². The zero-order chi connectivity index (χ0) is 13.7. The van der Waals surface area contributed by atoms with Crippen molar-refractivity contribution in [3.05, 3.63) is 29.5 Å². The van der Waals surface area contributed by atoms with Crippen LogP contribution in [0.3, 0.4) is 0 Å². The molecule has 0 spiro atoms. The van der Waals surface area contributed by atoms with E-state index in [0.717, 1.165) is 27.5 Å². The van der Waals surface area contributed by atoms with E-state index in [1.807, 2.05) is 6.92 Å². The number of nitrogens with two attached hydrogens (primary N) is 1. The molecule has 0 bridgehead atoms. The van der Waals surface area contributed by atoms with Crippen LogP contribution in [-0.2, 0) is 6.54 Å². The molecular formula is C14H15N5S. The van der Waals surface area contributed by atoms with E-state index in [2.05, 4.69) is 32.4 Å². The van der Waals surface area contributed by atoms with Crippen molar-refractivity contribution in [2.75, 3.05) is 0 Å². The van der Waals surface area contributed by atoms with Crippen molar-refractivity contribution in [2.24, 2.45) is 5.73 Å². The maximum Gasteiger partial charge on any atom is 0.155 e. The first kappa shape index (κ1) is 12.0. The molecule has 20 heavy (non-hydrogen) atoms. The molecule has 0 radical (unpaired) electrons. The molecule has 0 aliphatic heterocycles. The van der Waals surface area contributed by atoms with E-state index < -0.39 is 0 Å². The van der Waals surface area contributed by atoms with Crippen LogP contribution in [0.2, 0.25) is 0 Å². The van der Waals surface area contributed by atoms with E-state index in [1.54, 1.807) is 0 Å². The van der Waals surface area contributed by atoms with Gasteiger partial charge >= 0.3 is 0 Å². The number of aryl methyl sites for hydroxylation is 1. The minimum absolute atomic E-state index is 0.544. The summed E-state index contributed by atoms with van der Waals surface area (Å²) in [6.07, 6.45) is 2.45. The molecule has 2 aromatic heterocycles. The molecule has 1 aromatic carbocycles. The molecule has 5 nitrogen and oxygen atoms in total. The smallest absolute Gasteiger partial charge is 0.155 e. The molecule has 0 unspecified atom stereocenters.